The second-order valence-electron chi connectivity index (χ2n) is 4.77. The monoisotopic (exact) mass is 291 g/mol. The number of nitrogens with zero attached hydrogens (tertiary/aromatic N) is 1. The maximum atomic E-state index is 13.0. The highest BCUT2D eigenvalue weighted by Gasteiger charge is 2.36. The summed E-state index contributed by atoms with van der Waals surface area (Å²) in [5, 5.41) is 9.01. The third-order valence-electron chi connectivity index (χ3n) is 3.40. The molecule has 3 nitrogen and oxygen atoms in total. The first-order valence-corrected chi connectivity index (χ1v) is 6.11. The summed E-state index contributed by atoms with van der Waals surface area (Å²) in [5.74, 6) is -2.00. The van der Waals surface area contributed by atoms with Crippen molar-refractivity contribution in [2.45, 2.75) is 31.6 Å². The Bertz CT molecular complexity index is 516. The highest BCUT2D eigenvalue weighted by atomic mass is 19.4. The van der Waals surface area contributed by atoms with Crippen LogP contribution in [0.25, 0.3) is 0 Å². The van der Waals surface area contributed by atoms with Gasteiger partial charge in [-0.25, -0.2) is 4.39 Å². The largest absolute Gasteiger partial charge is 0.480 e. The lowest BCUT2D eigenvalue weighted by Crippen LogP contribution is -2.35. The summed E-state index contributed by atoms with van der Waals surface area (Å²) in [4.78, 5) is 12.5. The number of alkyl halides is 3. The van der Waals surface area contributed by atoms with Gasteiger partial charge in [0.15, 0.2) is 0 Å². The minimum Gasteiger partial charge on any atom is -0.480 e. The van der Waals surface area contributed by atoms with E-state index in [-0.39, 0.29) is 12.1 Å². The Morgan fingerprint density at radius 3 is 2.70 bits per heavy atom. The molecule has 1 atom stereocenters. The van der Waals surface area contributed by atoms with Crippen LogP contribution in [0.4, 0.5) is 17.6 Å². The minimum atomic E-state index is -4.66. The van der Waals surface area contributed by atoms with Gasteiger partial charge in [-0.2, -0.15) is 13.2 Å². The van der Waals surface area contributed by atoms with Crippen LogP contribution in [-0.2, 0) is 17.5 Å². The van der Waals surface area contributed by atoms with Gasteiger partial charge in [-0.1, -0.05) is 6.07 Å². The fraction of sp³-hybridized carbons (Fsp3) is 0.462. The van der Waals surface area contributed by atoms with Crippen LogP contribution in [0.5, 0.6) is 0 Å². The van der Waals surface area contributed by atoms with Crippen molar-refractivity contribution >= 4 is 5.97 Å². The van der Waals surface area contributed by atoms with Gasteiger partial charge in [0.2, 0.25) is 0 Å². The number of benzene rings is 1. The molecule has 0 amide bonds. The van der Waals surface area contributed by atoms with Gasteiger partial charge in [-0.05, 0) is 37.1 Å². The van der Waals surface area contributed by atoms with Gasteiger partial charge in [0, 0.05) is 6.54 Å². The molecule has 0 spiro atoms. The van der Waals surface area contributed by atoms with Crippen molar-refractivity contribution in [2.24, 2.45) is 0 Å². The average molecular weight is 291 g/mol. The van der Waals surface area contributed by atoms with E-state index in [2.05, 4.69) is 0 Å². The average Bonchev–Trinajstić information content (AvgIpc) is 2.78. The molecule has 1 heterocycles. The lowest BCUT2D eigenvalue weighted by atomic mass is 10.1. The molecule has 0 aromatic heterocycles. The summed E-state index contributed by atoms with van der Waals surface area (Å²) in [6.45, 7) is 0.276. The van der Waals surface area contributed by atoms with Crippen molar-refractivity contribution in [1.29, 1.82) is 0 Å². The number of likely N-dealkylation sites (tertiary alicyclic amines) is 1. The maximum Gasteiger partial charge on any atom is 0.416 e. The summed E-state index contributed by atoms with van der Waals surface area (Å²) in [6, 6.07) is 1.69. The van der Waals surface area contributed by atoms with Crippen LogP contribution in [0.1, 0.15) is 24.0 Å². The number of hydrogen-bond donors (Lipinski definition) is 1. The summed E-state index contributed by atoms with van der Waals surface area (Å²) in [6.07, 6.45) is -3.62. The molecule has 110 valence electrons. The van der Waals surface area contributed by atoms with Crippen LogP contribution >= 0.6 is 0 Å². The lowest BCUT2D eigenvalue weighted by Gasteiger charge is -2.23. The zero-order chi connectivity index (χ0) is 14.9. The summed E-state index contributed by atoms with van der Waals surface area (Å²) in [7, 11) is 0. The topological polar surface area (TPSA) is 40.5 Å². The standard InChI is InChI=1S/C13H13F4NO2/c14-9-4-3-8(10(6-9)13(15,16)17)7-18-5-1-2-11(18)12(19)20/h3-4,6,11H,1-2,5,7H2,(H,19,20)/t11-/m1/s1. The Kier molecular flexibility index (Phi) is 3.99. The van der Waals surface area contributed by atoms with Gasteiger partial charge in [0.05, 0.1) is 5.56 Å². The zero-order valence-corrected chi connectivity index (χ0v) is 10.5. The Labute approximate surface area is 112 Å². The summed E-state index contributed by atoms with van der Waals surface area (Å²) >= 11 is 0. The van der Waals surface area contributed by atoms with Gasteiger partial charge >= 0.3 is 12.1 Å². The van der Waals surface area contributed by atoms with E-state index < -0.39 is 29.6 Å². The van der Waals surface area contributed by atoms with Crippen molar-refractivity contribution in [3.63, 3.8) is 0 Å². The number of carboxylic acids is 1. The normalized spacial score (nSPS) is 20.3. The number of carboxylic acid groups (broad SMARTS) is 1. The molecule has 0 saturated carbocycles. The molecule has 2 rings (SSSR count). The molecule has 1 fully saturated rings. The smallest absolute Gasteiger partial charge is 0.416 e. The van der Waals surface area contributed by atoms with Gasteiger partial charge < -0.3 is 5.11 Å². The quantitative estimate of drug-likeness (QED) is 0.871. The van der Waals surface area contributed by atoms with Crippen LogP contribution in [0.2, 0.25) is 0 Å². The van der Waals surface area contributed by atoms with E-state index in [9.17, 15) is 22.4 Å². The lowest BCUT2D eigenvalue weighted by molar-refractivity contribution is -0.142. The Morgan fingerprint density at radius 2 is 2.10 bits per heavy atom. The Hall–Kier alpha value is -1.63. The number of halogens is 4. The van der Waals surface area contributed by atoms with Gasteiger partial charge in [0.1, 0.15) is 11.9 Å². The van der Waals surface area contributed by atoms with Crippen LogP contribution in [0.15, 0.2) is 18.2 Å². The molecule has 0 aliphatic carbocycles. The van der Waals surface area contributed by atoms with Gasteiger partial charge in [0.25, 0.3) is 0 Å². The van der Waals surface area contributed by atoms with Crippen LogP contribution < -0.4 is 0 Å². The second kappa shape index (κ2) is 5.40. The highest BCUT2D eigenvalue weighted by Crippen LogP contribution is 2.34. The SMILES string of the molecule is O=C(O)[C@H]1CCCN1Cc1ccc(F)cc1C(F)(F)F. The molecule has 1 aliphatic rings. The van der Waals surface area contributed by atoms with E-state index >= 15 is 0 Å². The second-order valence-corrected chi connectivity index (χ2v) is 4.77. The van der Waals surface area contributed by atoms with Crippen molar-refractivity contribution in [1.82, 2.24) is 4.90 Å². The fourth-order valence-electron chi connectivity index (χ4n) is 2.46. The third-order valence-corrected chi connectivity index (χ3v) is 3.40. The third kappa shape index (κ3) is 3.09. The van der Waals surface area contributed by atoms with Crippen molar-refractivity contribution in [3.05, 3.63) is 35.1 Å². The van der Waals surface area contributed by atoms with Crippen molar-refractivity contribution in [3.8, 4) is 0 Å². The van der Waals surface area contributed by atoms with Crippen LogP contribution in [-0.4, -0.2) is 28.6 Å². The molecule has 0 bridgehead atoms. The van der Waals surface area contributed by atoms with Gasteiger partial charge in [-0.3, -0.25) is 9.69 Å². The molecule has 0 unspecified atom stereocenters. The first-order valence-electron chi connectivity index (χ1n) is 6.11. The van der Waals surface area contributed by atoms with Crippen LogP contribution in [0, 0.1) is 5.82 Å². The van der Waals surface area contributed by atoms with Crippen LogP contribution in [0.3, 0.4) is 0 Å². The molecule has 1 saturated heterocycles. The molecule has 0 radical (unpaired) electrons. The number of aliphatic carboxylic acids is 1. The molecule has 20 heavy (non-hydrogen) atoms. The number of hydrogen-bond acceptors (Lipinski definition) is 2. The summed E-state index contributed by atoms with van der Waals surface area (Å²) < 4.78 is 51.6. The fourth-order valence-corrected chi connectivity index (χ4v) is 2.46. The molecule has 1 aromatic rings. The summed E-state index contributed by atoms with van der Waals surface area (Å²) in [5.41, 5.74) is -1.15. The predicted molar refractivity (Wildman–Crippen MR) is 62.5 cm³/mol. The van der Waals surface area contributed by atoms with Crippen molar-refractivity contribution < 1.29 is 27.5 Å². The van der Waals surface area contributed by atoms with E-state index in [1.807, 2.05) is 0 Å². The Balaban J connectivity index is 2.27. The van der Waals surface area contributed by atoms with E-state index in [1.54, 1.807) is 0 Å². The van der Waals surface area contributed by atoms with E-state index in [1.165, 1.54) is 4.90 Å². The molecule has 7 heteroatoms. The van der Waals surface area contributed by atoms with E-state index in [0.717, 1.165) is 12.1 Å². The molecule has 1 aliphatic heterocycles. The maximum absolute atomic E-state index is 13.0. The molecule has 1 N–H and O–H groups in total. The van der Waals surface area contributed by atoms with Crippen molar-refractivity contribution in [2.75, 3.05) is 6.54 Å². The highest BCUT2D eigenvalue weighted by molar-refractivity contribution is 5.73. The molecular formula is C13H13F4NO2. The first-order chi connectivity index (χ1) is 9.29. The number of carbonyl (C=O) groups is 1. The number of rotatable bonds is 3. The molecular weight excluding hydrogens is 278 g/mol. The van der Waals surface area contributed by atoms with E-state index in [0.29, 0.717) is 25.5 Å². The predicted octanol–water partition coefficient (Wildman–Crippen LogP) is 2.89. The van der Waals surface area contributed by atoms with E-state index in [4.69, 9.17) is 5.11 Å². The minimum absolute atomic E-state index is 0.105. The van der Waals surface area contributed by atoms with Gasteiger partial charge in [-0.15, -0.1) is 0 Å². The zero-order valence-electron chi connectivity index (χ0n) is 10.5. The molecule has 1 aromatic carbocycles. The Morgan fingerprint density at radius 1 is 1.40 bits per heavy atom. The first kappa shape index (κ1) is 14.8.